The second kappa shape index (κ2) is 7.71. The lowest BCUT2D eigenvalue weighted by Gasteiger charge is -2.16. The van der Waals surface area contributed by atoms with Crippen molar-refractivity contribution in [2.75, 3.05) is 12.4 Å². The van der Waals surface area contributed by atoms with E-state index in [2.05, 4.69) is 15.9 Å². The number of sulfonamides is 1. The quantitative estimate of drug-likeness (QED) is 0.549. The van der Waals surface area contributed by atoms with Crippen LogP contribution in [0.1, 0.15) is 19.8 Å². The van der Waals surface area contributed by atoms with E-state index in [1.165, 1.54) is 12.1 Å². The second-order valence-corrected chi connectivity index (χ2v) is 7.24. The van der Waals surface area contributed by atoms with Gasteiger partial charge in [-0.25, -0.2) is 13.6 Å². The normalized spacial score (nSPS) is 12.9. The molecule has 0 radical (unpaired) electrons. The molecule has 2 N–H and O–H groups in total. The van der Waals surface area contributed by atoms with Crippen molar-refractivity contribution < 1.29 is 18.1 Å². The molecule has 0 saturated heterocycles. The average molecular weight is 381 g/mol. The number of rotatable bonds is 8. The smallest absolute Gasteiger partial charge is 0.312 e. The van der Waals surface area contributed by atoms with Crippen LogP contribution >= 0.6 is 15.9 Å². The molecule has 0 aliphatic carbocycles. The molecule has 118 valence electrons. The molecule has 21 heavy (non-hydrogen) atoms. The fourth-order valence-corrected chi connectivity index (χ4v) is 3.18. The van der Waals surface area contributed by atoms with Crippen LogP contribution < -0.4 is 9.88 Å². The van der Waals surface area contributed by atoms with Gasteiger partial charge in [0.15, 0.2) is 5.75 Å². The molecule has 0 saturated carbocycles. The molecule has 1 unspecified atom stereocenters. The van der Waals surface area contributed by atoms with Gasteiger partial charge in [-0.05, 0) is 18.6 Å². The summed E-state index contributed by atoms with van der Waals surface area (Å²) in [6.45, 7) is 1.98. The maximum absolute atomic E-state index is 11.2. The summed E-state index contributed by atoms with van der Waals surface area (Å²) < 4.78 is 28.3. The molecular weight excluding hydrogens is 364 g/mol. The van der Waals surface area contributed by atoms with Crippen molar-refractivity contribution in [1.29, 1.82) is 0 Å². The van der Waals surface area contributed by atoms with E-state index < -0.39 is 14.9 Å². The molecule has 1 rings (SSSR count). The third-order valence-electron chi connectivity index (χ3n) is 2.76. The minimum absolute atomic E-state index is 0.0622. The first-order valence-electron chi connectivity index (χ1n) is 6.30. The zero-order chi connectivity index (χ0) is 16.0. The first-order chi connectivity index (χ1) is 9.73. The van der Waals surface area contributed by atoms with Crippen molar-refractivity contribution >= 4 is 31.6 Å². The summed E-state index contributed by atoms with van der Waals surface area (Å²) >= 11 is 3.15. The number of ether oxygens (including phenoxy) is 1. The van der Waals surface area contributed by atoms with Gasteiger partial charge in [0.1, 0.15) is 0 Å². The predicted octanol–water partition coefficient (Wildman–Crippen LogP) is 2.44. The van der Waals surface area contributed by atoms with Crippen LogP contribution in [0.3, 0.4) is 0 Å². The molecule has 0 amide bonds. The van der Waals surface area contributed by atoms with E-state index in [1.54, 1.807) is 6.07 Å². The van der Waals surface area contributed by atoms with E-state index in [0.717, 1.165) is 6.42 Å². The van der Waals surface area contributed by atoms with Gasteiger partial charge in [0.05, 0.1) is 17.3 Å². The lowest BCUT2D eigenvalue weighted by atomic mass is 10.1. The first-order valence-corrected chi connectivity index (χ1v) is 8.81. The number of primary sulfonamides is 1. The highest BCUT2D eigenvalue weighted by molar-refractivity contribution is 9.10. The van der Waals surface area contributed by atoms with Gasteiger partial charge in [-0.15, -0.1) is 0 Å². The number of hydrogen-bond donors (Lipinski definition) is 1. The lowest BCUT2D eigenvalue weighted by Crippen LogP contribution is -2.27. The molecule has 0 fully saturated rings. The average Bonchev–Trinajstić information content (AvgIpc) is 2.35. The van der Waals surface area contributed by atoms with E-state index in [-0.39, 0.29) is 29.7 Å². The highest BCUT2D eigenvalue weighted by atomic mass is 79.9. The van der Waals surface area contributed by atoms with Crippen LogP contribution in [-0.4, -0.2) is 25.7 Å². The maximum atomic E-state index is 11.2. The number of nitrogens with two attached hydrogens (primary N) is 1. The van der Waals surface area contributed by atoms with Gasteiger partial charge in [0.25, 0.3) is 0 Å². The first kappa shape index (κ1) is 17.9. The minimum atomic E-state index is -3.60. The van der Waals surface area contributed by atoms with Crippen LogP contribution in [0.4, 0.5) is 5.69 Å². The zero-order valence-electron chi connectivity index (χ0n) is 11.5. The van der Waals surface area contributed by atoms with Crippen LogP contribution in [0.25, 0.3) is 0 Å². The molecule has 9 heteroatoms. The summed E-state index contributed by atoms with van der Waals surface area (Å²) in [6, 6.07) is 4.43. The summed E-state index contributed by atoms with van der Waals surface area (Å²) in [5, 5.41) is 16.0. The topological polar surface area (TPSA) is 113 Å². The SMILES string of the molecule is CCCC(COc1ccc(Br)cc1[N+](=O)[O-])CS(N)(=O)=O. The molecule has 0 aliphatic rings. The van der Waals surface area contributed by atoms with Crippen LogP contribution in [-0.2, 0) is 10.0 Å². The molecule has 0 spiro atoms. The number of nitro benzene ring substituents is 1. The summed E-state index contributed by atoms with van der Waals surface area (Å²) in [6.07, 6.45) is 1.38. The van der Waals surface area contributed by atoms with Gasteiger partial charge in [-0.2, -0.15) is 0 Å². The fourth-order valence-electron chi connectivity index (χ4n) is 1.91. The molecule has 0 bridgehead atoms. The van der Waals surface area contributed by atoms with Crippen LogP contribution in [0, 0.1) is 16.0 Å². The van der Waals surface area contributed by atoms with Crippen LogP contribution in [0.5, 0.6) is 5.75 Å². The van der Waals surface area contributed by atoms with E-state index in [1.807, 2.05) is 6.92 Å². The number of nitrogens with zero attached hydrogens (tertiary/aromatic N) is 1. The zero-order valence-corrected chi connectivity index (χ0v) is 13.9. The monoisotopic (exact) mass is 380 g/mol. The van der Waals surface area contributed by atoms with Gasteiger partial charge >= 0.3 is 5.69 Å². The second-order valence-electron chi connectivity index (χ2n) is 4.66. The minimum Gasteiger partial charge on any atom is -0.486 e. The van der Waals surface area contributed by atoms with Crippen LogP contribution in [0.2, 0.25) is 0 Å². The highest BCUT2D eigenvalue weighted by Crippen LogP contribution is 2.30. The van der Waals surface area contributed by atoms with E-state index in [4.69, 9.17) is 9.88 Å². The number of benzene rings is 1. The third kappa shape index (κ3) is 6.40. The van der Waals surface area contributed by atoms with E-state index in [0.29, 0.717) is 10.9 Å². The molecule has 7 nitrogen and oxygen atoms in total. The molecule has 0 aromatic heterocycles. The Labute approximate surface area is 131 Å². The number of hydrogen-bond acceptors (Lipinski definition) is 5. The Morgan fingerprint density at radius 2 is 2.14 bits per heavy atom. The molecule has 1 aromatic rings. The molecule has 1 atom stereocenters. The Kier molecular flexibility index (Phi) is 6.56. The van der Waals surface area contributed by atoms with E-state index >= 15 is 0 Å². The third-order valence-corrected chi connectivity index (χ3v) is 4.19. The van der Waals surface area contributed by atoms with Crippen molar-refractivity contribution in [3.8, 4) is 5.75 Å². The lowest BCUT2D eigenvalue weighted by molar-refractivity contribution is -0.386. The fraction of sp³-hybridized carbons (Fsp3) is 0.500. The summed E-state index contributed by atoms with van der Waals surface area (Å²) in [5.41, 5.74) is -0.171. The van der Waals surface area contributed by atoms with Crippen molar-refractivity contribution in [1.82, 2.24) is 0 Å². The van der Waals surface area contributed by atoms with Crippen LogP contribution in [0.15, 0.2) is 22.7 Å². The van der Waals surface area contributed by atoms with Gasteiger partial charge in [0.2, 0.25) is 10.0 Å². The standard InChI is InChI=1S/C12H17BrN2O5S/c1-2-3-9(8-21(14,18)19)7-20-12-5-4-10(13)6-11(12)15(16)17/h4-6,9H,2-3,7-8H2,1H3,(H2,14,18,19). The van der Waals surface area contributed by atoms with Gasteiger partial charge in [0, 0.05) is 16.5 Å². The highest BCUT2D eigenvalue weighted by Gasteiger charge is 2.20. The molecule has 1 aromatic carbocycles. The Morgan fingerprint density at radius 3 is 2.67 bits per heavy atom. The number of nitro groups is 1. The van der Waals surface area contributed by atoms with Crippen molar-refractivity contribution in [3.05, 3.63) is 32.8 Å². The molecule has 0 aliphatic heterocycles. The largest absolute Gasteiger partial charge is 0.486 e. The van der Waals surface area contributed by atoms with Crippen molar-refractivity contribution in [2.24, 2.45) is 11.1 Å². The van der Waals surface area contributed by atoms with Gasteiger partial charge in [-0.1, -0.05) is 29.3 Å². The maximum Gasteiger partial charge on any atom is 0.312 e. The number of halogens is 1. The Bertz CT molecular complexity index is 606. The summed E-state index contributed by atoms with van der Waals surface area (Å²) in [5.74, 6) is -0.391. The predicted molar refractivity (Wildman–Crippen MR) is 82.7 cm³/mol. The summed E-state index contributed by atoms with van der Waals surface area (Å²) in [4.78, 5) is 10.4. The van der Waals surface area contributed by atoms with Crippen molar-refractivity contribution in [3.63, 3.8) is 0 Å². The Morgan fingerprint density at radius 1 is 1.48 bits per heavy atom. The Hall–Kier alpha value is -1.19. The van der Waals surface area contributed by atoms with E-state index in [9.17, 15) is 18.5 Å². The van der Waals surface area contributed by atoms with Gasteiger partial charge < -0.3 is 4.74 Å². The molecular formula is C12H17BrN2O5S. The van der Waals surface area contributed by atoms with Gasteiger partial charge in [-0.3, -0.25) is 10.1 Å². The summed E-state index contributed by atoms with van der Waals surface area (Å²) in [7, 11) is -3.60. The van der Waals surface area contributed by atoms with Crippen molar-refractivity contribution in [2.45, 2.75) is 19.8 Å². The molecule has 0 heterocycles. The Balaban J connectivity index is 2.82.